The molecule has 0 aliphatic carbocycles. The fourth-order valence-electron chi connectivity index (χ4n) is 1.97. The predicted octanol–water partition coefficient (Wildman–Crippen LogP) is 2.50. The standard InChI is InChI=1S/C15H16O2/c16-11-14(12-7-3-1-4-8-12)15(17)13-9-5-2-6-10-13/h1-10,14-17H,11H2/t14-,15+/m0/s1. The maximum atomic E-state index is 10.3. The van der Waals surface area contributed by atoms with E-state index in [2.05, 4.69) is 0 Å². The average molecular weight is 228 g/mol. The highest BCUT2D eigenvalue weighted by Crippen LogP contribution is 2.30. The van der Waals surface area contributed by atoms with E-state index in [0.717, 1.165) is 11.1 Å². The third-order valence-electron chi connectivity index (χ3n) is 2.95. The molecule has 0 aromatic heterocycles. The third-order valence-corrected chi connectivity index (χ3v) is 2.95. The van der Waals surface area contributed by atoms with Gasteiger partial charge < -0.3 is 10.2 Å². The van der Waals surface area contributed by atoms with Gasteiger partial charge in [-0.3, -0.25) is 0 Å². The lowest BCUT2D eigenvalue weighted by Crippen LogP contribution is -2.14. The first-order chi connectivity index (χ1) is 8.33. The van der Waals surface area contributed by atoms with Gasteiger partial charge in [-0.05, 0) is 11.1 Å². The van der Waals surface area contributed by atoms with E-state index < -0.39 is 6.10 Å². The zero-order chi connectivity index (χ0) is 12.1. The van der Waals surface area contributed by atoms with Crippen molar-refractivity contribution in [3.8, 4) is 0 Å². The van der Waals surface area contributed by atoms with Crippen LogP contribution in [0.3, 0.4) is 0 Å². The second-order valence-electron chi connectivity index (χ2n) is 4.06. The fourth-order valence-corrected chi connectivity index (χ4v) is 1.97. The number of rotatable bonds is 4. The van der Waals surface area contributed by atoms with Crippen LogP contribution in [-0.2, 0) is 0 Å². The summed E-state index contributed by atoms with van der Waals surface area (Å²) in [4.78, 5) is 0. The lowest BCUT2D eigenvalue weighted by molar-refractivity contribution is 0.107. The summed E-state index contributed by atoms with van der Waals surface area (Å²) >= 11 is 0. The largest absolute Gasteiger partial charge is 0.396 e. The minimum atomic E-state index is -0.677. The Hall–Kier alpha value is -1.64. The Kier molecular flexibility index (Phi) is 3.91. The molecule has 2 nitrogen and oxygen atoms in total. The van der Waals surface area contributed by atoms with E-state index in [0.29, 0.717) is 0 Å². The Morgan fingerprint density at radius 2 is 1.24 bits per heavy atom. The summed E-state index contributed by atoms with van der Waals surface area (Å²) in [6.07, 6.45) is -0.677. The van der Waals surface area contributed by atoms with Gasteiger partial charge in [0.15, 0.2) is 0 Å². The normalized spacial score (nSPS) is 14.2. The van der Waals surface area contributed by atoms with Gasteiger partial charge in [-0.2, -0.15) is 0 Å². The van der Waals surface area contributed by atoms with Crippen molar-refractivity contribution in [3.63, 3.8) is 0 Å². The van der Waals surface area contributed by atoms with Gasteiger partial charge in [0.25, 0.3) is 0 Å². The summed E-state index contributed by atoms with van der Waals surface area (Å²) in [5, 5.41) is 19.7. The van der Waals surface area contributed by atoms with E-state index in [4.69, 9.17) is 0 Å². The molecule has 2 N–H and O–H groups in total. The van der Waals surface area contributed by atoms with Crippen molar-refractivity contribution in [2.75, 3.05) is 6.61 Å². The highest BCUT2D eigenvalue weighted by molar-refractivity contribution is 5.26. The van der Waals surface area contributed by atoms with Gasteiger partial charge in [-0.25, -0.2) is 0 Å². The second kappa shape index (κ2) is 5.62. The van der Waals surface area contributed by atoms with Crippen LogP contribution in [0.25, 0.3) is 0 Å². The third kappa shape index (κ3) is 2.73. The van der Waals surface area contributed by atoms with Crippen LogP contribution in [-0.4, -0.2) is 16.8 Å². The van der Waals surface area contributed by atoms with Crippen LogP contribution in [0.1, 0.15) is 23.1 Å². The van der Waals surface area contributed by atoms with Gasteiger partial charge in [0.1, 0.15) is 0 Å². The van der Waals surface area contributed by atoms with Crippen LogP contribution >= 0.6 is 0 Å². The molecule has 0 heterocycles. The van der Waals surface area contributed by atoms with Gasteiger partial charge in [-0.1, -0.05) is 60.7 Å². The zero-order valence-corrected chi connectivity index (χ0v) is 9.53. The topological polar surface area (TPSA) is 40.5 Å². The van der Waals surface area contributed by atoms with E-state index >= 15 is 0 Å². The molecule has 2 rings (SSSR count). The van der Waals surface area contributed by atoms with Crippen LogP contribution in [0.5, 0.6) is 0 Å². The van der Waals surface area contributed by atoms with E-state index in [-0.39, 0.29) is 12.5 Å². The highest BCUT2D eigenvalue weighted by Gasteiger charge is 2.21. The van der Waals surface area contributed by atoms with Gasteiger partial charge in [0.2, 0.25) is 0 Å². The first-order valence-electron chi connectivity index (χ1n) is 5.71. The maximum absolute atomic E-state index is 10.3. The lowest BCUT2D eigenvalue weighted by Gasteiger charge is -2.21. The summed E-state index contributed by atoms with van der Waals surface area (Å²) in [5.74, 6) is -0.279. The molecule has 0 aliphatic heterocycles. The summed E-state index contributed by atoms with van der Waals surface area (Å²) in [6, 6.07) is 19.0. The Morgan fingerprint density at radius 3 is 1.71 bits per heavy atom. The second-order valence-corrected chi connectivity index (χ2v) is 4.06. The summed E-state index contributed by atoms with van der Waals surface area (Å²) in [5.41, 5.74) is 1.78. The minimum absolute atomic E-state index is 0.0694. The quantitative estimate of drug-likeness (QED) is 0.844. The smallest absolute Gasteiger partial charge is 0.0880 e. The molecule has 0 saturated heterocycles. The molecule has 0 saturated carbocycles. The highest BCUT2D eigenvalue weighted by atomic mass is 16.3. The average Bonchev–Trinajstić information content (AvgIpc) is 2.42. The molecule has 88 valence electrons. The molecular weight excluding hydrogens is 212 g/mol. The molecule has 17 heavy (non-hydrogen) atoms. The SMILES string of the molecule is OC[C@@H](c1ccccc1)[C@H](O)c1ccccc1. The number of benzene rings is 2. The Balaban J connectivity index is 2.25. The summed E-state index contributed by atoms with van der Waals surface area (Å²) < 4.78 is 0. The van der Waals surface area contributed by atoms with Crippen molar-refractivity contribution in [2.45, 2.75) is 12.0 Å². The van der Waals surface area contributed by atoms with Crippen LogP contribution in [0.2, 0.25) is 0 Å². The minimum Gasteiger partial charge on any atom is -0.396 e. The molecule has 2 aromatic carbocycles. The van der Waals surface area contributed by atoms with Crippen molar-refractivity contribution in [3.05, 3.63) is 71.8 Å². The van der Waals surface area contributed by atoms with Crippen molar-refractivity contribution in [1.82, 2.24) is 0 Å². The molecule has 2 atom stereocenters. The summed E-state index contributed by atoms with van der Waals surface area (Å²) in [7, 11) is 0. The first-order valence-corrected chi connectivity index (χ1v) is 5.71. The van der Waals surface area contributed by atoms with E-state index in [9.17, 15) is 10.2 Å². The molecule has 0 radical (unpaired) electrons. The van der Waals surface area contributed by atoms with Gasteiger partial charge >= 0.3 is 0 Å². The Bertz CT molecular complexity index is 439. The number of hydrogen-bond donors (Lipinski definition) is 2. The lowest BCUT2D eigenvalue weighted by atomic mass is 9.90. The summed E-state index contributed by atoms with van der Waals surface area (Å²) in [6.45, 7) is -0.0694. The van der Waals surface area contributed by atoms with Crippen LogP contribution in [0.15, 0.2) is 60.7 Å². The number of hydrogen-bond acceptors (Lipinski definition) is 2. The zero-order valence-electron chi connectivity index (χ0n) is 9.53. The molecule has 2 aromatic rings. The fraction of sp³-hybridized carbons (Fsp3) is 0.200. The van der Waals surface area contributed by atoms with Crippen LogP contribution < -0.4 is 0 Å². The van der Waals surface area contributed by atoms with Crippen molar-refractivity contribution in [2.24, 2.45) is 0 Å². The van der Waals surface area contributed by atoms with Crippen LogP contribution in [0, 0.1) is 0 Å². The van der Waals surface area contributed by atoms with Crippen LogP contribution in [0.4, 0.5) is 0 Å². The molecule has 0 amide bonds. The molecule has 0 aliphatic rings. The van der Waals surface area contributed by atoms with Gasteiger partial charge in [0.05, 0.1) is 12.7 Å². The molecule has 0 bridgehead atoms. The Labute approximate surface area is 101 Å². The van der Waals surface area contributed by atoms with E-state index in [1.807, 2.05) is 60.7 Å². The monoisotopic (exact) mass is 228 g/mol. The molecular formula is C15H16O2. The van der Waals surface area contributed by atoms with E-state index in [1.165, 1.54) is 0 Å². The van der Waals surface area contributed by atoms with Crippen molar-refractivity contribution >= 4 is 0 Å². The molecule has 2 heteroatoms. The van der Waals surface area contributed by atoms with Crippen molar-refractivity contribution in [1.29, 1.82) is 0 Å². The van der Waals surface area contributed by atoms with Gasteiger partial charge in [-0.15, -0.1) is 0 Å². The number of aliphatic hydroxyl groups excluding tert-OH is 2. The van der Waals surface area contributed by atoms with E-state index in [1.54, 1.807) is 0 Å². The maximum Gasteiger partial charge on any atom is 0.0880 e. The first kappa shape index (κ1) is 11.8. The molecule has 0 fully saturated rings. The molecule has 0 spiro atoms. The van der Waals surface area contributed by atoms with Crippen molar-refractivity contribution < 1.29 is 10.2 Å². The Morgan fingerprint density at radius 1 is 0.765 bits per heavy atom. The number of aliphatic hydroxyl groups is 2. The van der Waals surface area contributed by atoms with Gasteiger partial charge in [0, 0.05) is 5.92 Å². The molecule has 0 unspecified atom stereocenters. The predicted molar refractivity (Wildman–Crippen MR) is 67.7 cm³/mol.